The predicted octanol–water partition coefficient (Wildman–Crippen LogP) is 1.34. The SMILES string of the molecule is CCCn1cc(S(=O)(=O)NC(COC)C(C)C)cc1CO. The maximum absolute atomic E-state index is 12.4. The third-order valence-electron chi connectivity index (χ3n) is 3.36. The fourth-order valence-corrected chi connectivity index (χ4v) is 3.49. The van der Waals surface area contributed by atoms with E-state index in [1.54, 1.807) is 17.9 Å². The molecule has 0 aliphatic carbocycles. The maximum Gasteiger partial charge on any atom is 0.242 e. The van der Waals surface area contributed by atoms with Gasteiger partial charge in [-0.05, 0) is 18.4 Å². The predicted molar refractivity (Wildman–Crippen MR) is 81.5 cm³/mol. The number of methoxy groups -OCH3 is 1. The maximum atomic E-state index is 12.4. The highest BCUT2D eigenvalue weighted by atomic mass is 32.2. The van der Waals surface area contributed by atoms with Crippen molar-refractivity contribution in [2.75, 3.05) is 13.7 Å². The van der Waals surface area contributed by atoms with Crippen LogP contribution in [0.4, 0.5) is 0 Å². The molecule has 1 unspecified atom stereocenters. The third kappa shape index (κ3) is 4.81. The zero-order chi connectivity index (χ0) is 16.0. The lowest BCUT2D eigenvalue weighted by atomic mass is 10.1. The Morgan fingerprint density at radius 3 is 2.57 bits per heavy atom. The molecule has 1 atom stereocenters. The fraction of sp³-hybridized carbons (Fsp3) is 0.714. The number of ether oxygens (including phenoxy) is 1. The molecule has 122 valence electrons. The summed E-state index contributed by atoms with van der Waals surface area (Å²) in [6, 6.07) is 1.23. The first-order valence-corrected chi connectivity index (χ1v) is 8.65. The van der Waals surface area contributed by atoms with Crippen molar-refractivity contribution in [3.8, 4) is 0 Å². The first-order chi connectivity index (χ1) is 9.85. The van der Waals surface area contributed by atoms with Crippen LogP contribution >= 0.6 is 0 Å². The van der Waals surface area contributed by atoms with Gasteiger partial charge >= 0.3 is 0 Å². The van der Waals surface area contributed by atoms with E-state index >= 15 is 0 Å². The van der Waals surface area contributed by atoms with E-state index in [1.807, 2.05) is 20.8 Å². The van der Waals surface area contributed by atoms with Crippen LogP contribution in [0.25, 0.3) is 0 Å². The second kappa shape index (κ2) is 7.93. The van der Waals surface area contributed by atoms with Crippen LogP contribution in [0.1, 0.15) is 32.9 Å². The van der Waals surface area contributed by atoms with Crippen molar-refractivity contribution < 1.29 is 18.3 Å². The van der Waals surface area contributed by atoms with Crippen molar-refractivity contribution in [1.29, 1.82) is 0 Å². The van der Waals surface area contributed by atoms with Crippen LogP contribution in [0.3, 0.4) is 0 Å². The van der Waals surface area contributed by atoms with Gasteiger partial charge in [-0.25, -0.2) is 13.1 Å². The van der Waals surface area contributed by atoms with E-state index < -0.39 is 10.0 Å². The Labute approximate surface area is 127 Å². The molecule has 0 radical (unpaired) electrons. The van der Waals surface area contributed by atoms with Crippen molar-refractivity contribution in [3.05, 3.63) is 18.0 Å². The van der Waals surface area contributed by atoms with Crippen molar-refractivity contribution >= 4 is 10.0 Å². The van der Waals surface area contributed by atoms with Crippen LogP contribution < -0.4 is 4.72 Å². The Balaban J connectivity index is 3.01. The summed E-state index contributed by atoms with van der Waals surface area (Å²) in [6.45, 7) is 6.69. The van der Waals surface area contributed by atoms with Gasteiger partial charge in [0, 0.05) is 31.6 Å². The van der Waals surface area contributed by atoms with Gasteiger partial charge in [-0.3, -0.25) is 0 Å². The van der Waals surface area contributed by atoms with Gasteiger partial charge in [0.15, 0.2) is 0 Å². The Kier molecular flexibility index (Phi) is 6.86. The van der Waals surface area contributed by atoms with E-state index in [-0.39, 0.29) is 23.5 Å². The van der Waals surface area contributed by atoms with E-state index in [0.29, 0.717) is 18.8 Å². The van der Waals surface area contributed by atoms with E-state index in [1.165, 1.54) is 6.07 Å². The molecule has 6 nitrogen and oxygen atoms in total. The zero-order valence-electron chi connectivity index (χ0n) is 13.2. The van der Waals surface area contributed by atoms with E-state index in [4.69, 9.17) is 4.74 Å². The van der Waals surface area contributed by atoms with Crippen LogP contribution in [-0.4, -0.2) is 37.8 Å². The highest BCUT2D eigenvalue weighted by Crippen LogP contribution is 2.17. The number of nitrogens with one attached hydrogen (secondary N) is 1. The van der Waals surface area contributed by atoms with Crippen molar-refractivity contribution in [2.45, 2.75) is 51.3 Å². The number of aromatic nitrogens is 1. The van der Waals surface area contributed by atoms with Crippen LogP contribution in [-0.2, 0) is 27.9 Å². The van der Waals surface area contributed by atoms with Crippen LogP contribution in [0, 0.1) is 5.92 Å². The Morgan fingerprint density at radius 1 is 1.43 bits per heavy atom. The number of aryl methyl sites for hydroxylation is 1. The molecule has 0 fully saturated rings. The van der Waals surface area contributed by atoms with Crippen LogP contribution in [0.15, 0.2) is 17.2 Å². The quantitative estimate of drug-likeness (QED) is 0.720. The van der Waals surface area contributed by atoms with E-state index in [0.717, 1.165) is 6.42 Å². The summed E-state index contributed by atoms with van der Waals surface area (Å²) in [5.41, 5.74) is 0.602. The van der Waals surface area contributed by atoms with Gasteiger partial charge in [-0.1, -0.05) is 20.8 Å². The van der Waals surface area contributed by atoms with Crippen molar-refractivity contribution in [3.63, 3.8) is 0 Å². The molecule has 0 saturated heterocycles. The van der Waals surface area contributed by atoms with Gasteiger partial charge in [0.05, 0.1) is 18.1 Å². The van der Waals surface area contributed by atoms with Crippen LogP contribution in [0.2, 0.25) is 0 Å². The van der Waals surface area contributed by atoms with E-state index in [2.05, 4.69) is 4.72 Å². The lowest BCUT2D eigenvalue weighted by Crippen LogP contribution is -2.41. The lowest BCUT2D eigenvalue weighted by molar-refractivity contribution is 0.157. The fourth-order valence-electron chi connectivity index (χ4n) is 2.06. The number of aliphatic hydroxyl groups excluding tert-OH is 1. The minimum atomic E-state index is -3.62. The highest BCUT2D eigenvalue weighted by molar-refractivity contribution is 7.89. The number of aliphatic hydroxyl groups is 1. The van der Waals surface area contributed by atoms with Crippen molar-refractivity contribution in [2.24, 2.45) is 5.92 Å². The Bertz CT molecular complexity index is 537. The minimum Gasteiger partial charge on any atom is -0.390 e. The van der Waals surface area contributed by atoms with Gasteiger partial charge in [0.25, 0.3) is 0 Å². The summed E-state index contributed by atoms with van der Waals surface area (Å²) in [4.78, 5) is 0.182. The topological polar surface area (TPSA) is 80.6 Å². The zero-order valence-corrected chi connectivity index (χ0v) is 14.0. The normalized spacial score (nSPS) is 13.8. The smallest absolute Gasteiger partial charge is 0.242 e. The largest absolute Gasteiger partial charge is 0.390 e. The molecule has 1 aromatic heterocycles. The molecule has 0 saturated carbocycles. The third-order valence-corrected chi connectivity index (χ3v) is 4.81. The number of rotatable bonds is 9. The molecule has 0 aliphatic heterocycles. The number of hydrogen-bond donors (Lipinski definition) is 2. The molecule has 0 aliphatic rings. The molecule has 2 N–H and O–H groups in total. The van der Waals surface area contributed by atoms with Crippen LogP contribution in [0.5, 0.6) is 0 Å². The molecule has 0 aromatic carbocycles. The summed E-state index contributed by atoms with van der Waals surface area (Å²) >= 11 is 0. The molecule has 21 heavy (non-hydrogen) atoms. The summed E-state index contributed by atoms with van der Waals surface area (Å²) in [5, 5.41) is 9.32. The van der Waals surface area contributed by atoms with Gasteiger partial charge in [0.1, 0.15) is 0 Å². The molecule has 1 aromatic rings. The number of hydrogen-bond acceptors (Lipinski definition) is 4. The molecule has 0 amide bonds. The monoisotopic (exact) mass is 318 g/mol. The summed E-state index contributed by atoms with van der Waals surface area (Å²) in [6.07, 6.45) is 2.44. The molecule has 1 heterocycles. The molecule has 1 rings (SSSR count). The van der Waals surface area contributed by atoms with Gasteiger partial charge in [-0.2, -0.15) is 0 Å². The second-order valence-corrected chi connectivity index (χ2v) is 7.16. The highest BCUT2D eigenvalue weighted by Gasteiger charge is 2.24. The molecule has 0 bridgehead atoms. The lowest BCUT2D eigenvalue weighted by Gasteiger charge is -2.20. The number of sulfonamides is 1. The van der Waals surface area contributed by atoms with Gasteiger partial charge < -0.3 is 14.4 Å². The Hall–Kier alpha value is -0.890. The standard InChI is InChI=1S/C14H26N2O4S/c1-5-6-16-8-13(7-12(16)9-17)21(18,19)15-14(10-20-4)11(2)3/h7-8,11,14-15,17H,5-6,9-10H2,1-4H3. The van der Waals surface area contributed by atoms with Crippen molar-refractivity contribution in [1.82, 2.24) is 9.29 Å². The molecular weight excluding hydrogens is 292 g/mol. The first kappa shape index (κ1) is 18.2. The average Bonchev–Trinajstić information content (AvgIpc) is 2.82. The summed E-state index contributed by atoms with van der Waals surface area (Å²) in [5.74, 6) is 0.120. The first-order valence-electron chi connectivity index (χ1n) is 7.16. The minimum absolute atomic E-state index is 0.120. The summed E-state index contributed by atoms with van der Waals surface area (Å²) in [7, 11) is -2.07. The van der Waals surface area contributed by atoms with Gasteiger partial charge in [-0.15, -0.1) is 0 Å². The molecule has 0 spiro atoms. The second-order valence-electron chi connectivity index (χ2n) is 5.45. The number of nitrogens with zero attached hydrogens (tertiary/aromatic N) is 1. The Morgan fingerprint density at radius 2 is 2.10 bits per heavy atom. The van der Waals surface area contributed by atoms with Gasteiger partial charge in [0.2, 0.25) is 10.0 Å². The summed E-state index contributed by atoms with van der Waals surface area (Å²) < 4.78 is 34.4. The molecule has 7 heteroatoms. The average molecular weight is 318 g/mol. The molecular formula is C14H26N2O4S. The van der Waals surface area contributed by atoms with E-state index in [9.17, 15) is 13.5 Å².